The third-order valence-electron chi connectivity index (χ3n) is 6.91. The van der Waals surface area contributed by atoms with Crippen molar-refractivity contribution in [3.63, 3.8) is 0 Å². The van der Waals surface area contributed by atoms with Gasteiger partial charge in [-0.15, -0.1) is 0 Å². The molecule has 0 amide bonds. The number of phenols is 1. The van der Waals surface area contributed by atoms with Crippen molar-refractivity contribution in [3.05, 3.63) is 111 Å². The Hall–Kier alpha value is -4.91. The van der Waals surface area contributed by atoms with Gasteiger partial charge in [-0.2, -0.15) is 0 Å². The molecule has 1 aliphatic heterocycles. The maximum absolute atomic E-state index is 13.4. The minimum atomic E-state index is -0.670. The molecular weight excluding hydrogens is 444 g/mol. The highest BCUT2D eigenvalue weighted by atomic mass is 16.3. The summed E-state index contributed by atoms with van der Waals surface area (Å²) in [5, 5.41) is 13.5. The number of hydrogen-bond donors (Lipinski definition) is 2. The first kappa shape index (κ1) is 19.5. The number of Topliss-reactive ketones (excluding diaryl/α,β-unsaturated/α-hetero) is 2. The Labute approximate surface area is 198 Å². The van der Waals surface area contributed by atoms with E-state index in [9.17, 15) is 24.3 Å². The van der Waals surface area contributed by atoms with E-state index in [0.717, 1.165) is 0 Å². The number of aromatic hydroxyl groups is 1. The molecule has 7 rings (SSSR count). The van der Waals surface area contributed by atoms with Gasteiger partial charge in [-0.1, -0.05) is 36.4 Å². The summed E-state index contributed by atoms with van der Waals surface area (Å²) in [6.07, 6.45) is 3.25. The molecule has 0 radical (unpaired) electrons. The number of nitrogens with zero attached hydrogens (tertiary/aromatic N) is 1. The van der Waals surface area contributed by atoms with E-state index in [1.165, 1.54) is 24.3 Å². The summed E-state index contributed by atoms with van der Waals surface area (Å²) in [6, 6.07) is 13.6. The van der Waals surface area contributed by atoms with Crippen LogP contribution in [0.25, 0.3) is 0 Å². The number of carbonyl (C=O) groups is 4. The first-order chi connectivity index (χ1) is 17.0. The molecule has 0 saturated carbocycles. The Morgan fingerprint density at radius 2 is 1.37 bits per heavy atom. The molecule has 3 aromatic rings. The maximum Gasteiger partial charge on any atom is 0.198 e. The number of nitrogens with one attached hydrogen (secondary N) is 1. The largest absolute Gasteiger partial charge is 0.507 e. The minimum absolute atomic E-state index is 0.0170. The molecule has 0 spiro atoms. The molecule has 0 bridgehead atoms. The van der Waals surface area contributed by atoms with Crippen molar-refractivity contribution in [1.82, 2.24) is 0 Å². The van der Waals surface area contributed by atoms with Gasteiger partial charge in [-0.3, -0.25) is 19.2 Å². The molecule has 166 valence electrons. The van der Waals surface area contributed by atoms with E-state index in [2.05, 4.69) is 5.32 Å². The lowest BCUT2D eigenvalue weighted by Gasteiger charge is -2.34. The van der Waals surface area contributed by atoms with Crippen molar-refractivity contribution in [2.75, 3.05) is 5.32 Å². The van der Waals surface area contributed by atoms with Crippen LogP contribution in [0.3, 0.4) is 0 Å². The molecule has 4 aliphatic rings. The van der Waals surface area contributed by atoms with E-state index >= 15 is 0 Å². The Kier molecular flexibility index (Phi) is 3.67. The molecule has 3 aromatic carbocycles. The first-order valence-electron chi connectivity index (χ1n) is 11.0. The number of anilines is 1. The lowest BCUT2D eigenvalue weighted by molar-refractivity contribution is 0.0975. The molecule has 0 aromatic heterocycles. The zero-order chi connectivity index (χ0) is 24.0. The average Bonchev–Trinajstić information content (AvgIpc) is 2.88. The molecule has 0 saturated heterocycles. The molecule has 1 unspecified atom stereocenters. The van der Waals surface area contributed by atoms with Gasteiger partial charge in [0.25, 0.3) is 0 Å². The summed E-state index contributed by atoms with van der Waals surface area (Å²) in [7, 11) is 0. The molecule has 2 N–H and O–H groups in total. The van der Waals surface area contributed by atoms with Crippen molar-refractivity contribution in [2.45, 2.75) is 6.04 Å². The van der Waals surface area contributed by atoms with Gasteiger partial charge in [0.05, 0.1) is 34.3 Å². The average molecular weight is 458 g/mol. The summed E-state index contributed by atoms with van der Waals surface area (Å²) >= 11 is 0. The van der Waals surface area contributed by atoms with Gasteiger partial charge in [0.15, 0.2) is 23.1 Å². The fourth-order valence-electron chi connectivity index (χ4n) is 5.29. The normalized spacial score (nSPS) is 19.1. The van der Waals surface area contributed by atoms with Crippen LogP contribution < -0.4 is 5.32 Å². The molecule has 1 heterocycles. The van der Waals surface area contributed by atoms with E-state index in [-0.39, 0.29) is 39.6 Å². The Morgan fingerprint density at radius 1 is 0.686 bits per heavy atom. The summed E-state index contributed by atoms with van der Waals surface area (Å²) in [6.45, 7) is 0. The van der Waals surface area contributed by atoms with Crippen LogP contribution in [0.15, 0.2) is 82.9 Å². The van der Waals surface area contributed by atoms with Crippen molar-refractivity contribution < 1.29 is 24.3 Å². The Morgan fingerprint density at radius 3 is 2.17 bits per heavy atom. The second-order valence-corrected chi connectivity index (χ2v) is 8.72. The topological polar surface area (TPSA) is 113 Å². The van der Waals surface area contributed by atoms with Crippen molar-refractivity contribution in [1.29, 1.82) is 0 Å². The number of fused-ring (bicyclic) bond motifs is 7. The standard InChI is InChI=1S/C28H14N2O5/c31-19-7-3-6-14-20(19)27(34)16-9-11-18-24(22(16)28(14)35)30-17-10-8-15-21(23(17)29-18)26(33)13-5-2-1-4-12(13)25(15)32/h1-11,23,29,31H. The van der Waals surface area contributed by atoms with Gasteiger partial charge in [0.2, 0.25) is 0 Å². The van der Waals surface area contributed by atoms with Gasteiger partial charge >= 0.3 is 0 Å². The van der Waals surface area contributed by atoms with Crippen LogP contribution in [-0.2, 0) is 0 Å². The van der Waals surface area contributed by atoms with E-state index in [1.54, 1.807) is 42.5 Å². The highest BCUT2D eigenvalue weighted by Gasteiger charge is 2.42. The fourth-order valence-corrected chi connectivity index (χ4v) is 5.29. The van der Waals surface area contributed by atoms with Crippen LogP contribution in [0.4, 0.5) is 11.4 Å². The van der Waals surface area contributed by atoms with Gasteiger partial charge in [-0.05, 0) is 30.4 Å². The van der Waals surface area contributed by atoms with Crippen molar-refractivity contribution >= 4 is 40.2 Å². The van der Waals surface area contributed by atoms with Gasteiger partial charge in [0.1, 0.15) is 5.75 Å². The summed E-state index contributed by atoms with van der Waals surface area (Å²) in [5.74, 6) is -1.58. The summed E-state index contributed by atoms with van der Waals surface area (Å²) < 4.78 is 0. The number of rotatable bonds is 0. The van der Waals surface area contributed by atoms with E-state index in [4.69, 9.17) is 4.99 Å². The van der Waals surface area contributed by atoms with Crippen LogP contribution in [0.2, 0.25) is 0 Å². The number of aliphatic imine (C=N–C) groups is 1. The highest BCUT2D eigenvalue weighted by Crippen LogP contribution is 2.44. The molecule has 1 atom stereocenters. The predicted octanol–water partition coefficient (Wildman–Crippen LogP) is 3.98. The van der Waals surface area contributed by atoms with Crippen LogP contribution in [0.1, 0.15) is 52.6 Å². The van der Waals surface area contributed by atoms with Crippen molar-refractivity contribution in [2.24, 2.45) is 4.99 Å². The fraction of sp³-hybridized carbons (Fsp3) is 0.0357. The summed E-state index contributed by atoms with van der Waals surface area (Å²) in [4.78, 5) is 57.8. The van der Waals surface area contributed by atoms with Gasteiger partial charge < -0.3 is 10.4 Å². The second-order valence-electron chi connectivity index (χ2n) is 8.72. The minimum Gasteiger partial charge on any atom is -0.507 e. The Balaban J connectivity index is 1.39. The number of allylic oxidation sites excluding steroid dienone is 2. The first-order valence-corrected chi connectivity index (χ1v) is 11.0. The number of benzene rings is 3. The molecular formula is C28H14N2O5. The van der Waals surface area contributed by atoms with Crippen molar-refractivity contribution in [3.8, 4) is 5.75 Å². The second kappa shape index (κ2) is 6.57. The number of ketones is 4. The van der Waals surface area contributed by atoms with Crippen LogP contribution in [0.5, 0.6) is 5.75 Å². The summed E-state index contributed by atoms with van der Waals surface area (Å²) in [5.41, 5.74) is 3.00. The molecule has 7 heteroatoms. The quantitative estimate of drug-likeness (QED) is 0.412. The lowest BCUT2D eigenvalue weighted by Crippen LogP contribution is -2.41. The number of hydrogen-bond acceptors (Lipinski definition) is 7. The number of carbonyl (C=O) groups excluding carboxylic acids is 4. The van der Waals surface area contributed by atoms with Crippen LogP contribution >= 0.6 is 0 Å². The van der Waals surface area contributed by atoms with E-state index in [1.807, 2.05) is 0 Å². The zero-order valence-corrected chi connectivity index (χ0v) is 18.0. The van der Waals surface area contributed by atoms with E-state index < -0.39 is 17.6 Å². The predicted molar refractivity (Wildman–Crippen MR) is 127 cm³/mol. The Bertz CT molecular complexity index is 1710. The third kappa shape index (κ3) is 2.41. The zero-order valence-electron chi connectivity index (χ0n) is 18.0. The number of phenolic OH excluding ortho intramolecular Hbond substituents is 1. The van der Waals surface area contributed by atoms with Gasteiger partial charge in [0, 0.05) is 33.4 Å². The molecule has 7 nitrogen and oxygen atoms in total. The third-order valence-corrected chi connectivity index (χ3v) is 6.91. The SMILES string of the molecule is O=C1C2=C(C(=O)c3ccccc31)C1Nc3ccc4c(c3N=C1C=C2)C(=O)c1cccc(O)c1C4=O. The molecule has 35 heavy (non-hydrogen) atoms. The highest BCUT2D eigenvalue weighted by molar-refractivity contribution is 6.34. The van der Waals surface area contributed by atoms with Gasteiger partial charge in [-0.25, -0.2) is 4.99 Å². The molecule has 3 aliphatic carbocycles. The van der Waals surface area contributed by atoms with Crippen LogP contribution in [0, 0.1) is 0 Å². The maximum atomic E-state index is 13.4. The monoisotopic (exact) mass is 458 g/mol. The molecule has 0 fully saturated rings. The lowest BCUT2D eigenvalue weighted by atomic mass is 9.76. The smallest absolute Gasteiger partial charge is 0.198 e. The van der Waals surface area contributed by atoms with E-state index in [0.29, 0.717) is 39.4 Å². The van der Waals surface area contributed by atoms with Crippen LogP contribution in [-0.4, -0.2) is 40.0 Å².